The van der Waals surface area contributed by atoms with Crippen LogP contribution in [0.25, 0.3) is 0 Å². The number of carbonyl (C=O) groups is 1. The summed E-state index contributed by atoms with van der Waals surface area (Å²) in [6, 6.07) is 7.49. The summed E-state index contributed by atoms with van der Waals surface area (Å²) in [6.45, 7) is 3.88. The lowest BCUT2D eigenvalue weighted by Gasteiger charge is -2.04. The zero-order chi connectivity index (χ0) is 15.9. The Morgan fingerprint density at radius 1 is 1.36 bits per heavy atom. The average molecular weight is 317 g/mol. The predicted molar refractivity (Wildman–Crippen MR) is 87.9 cm³/mol. The summed E-state index contributed by atoms with van der Waals surface area (Å²) in [5, 5.41) is 12.7. The maximum Gasteiger partial charge on any atom is 0.271 e. The van der Waals surface area contributed by atoms with E-state index in [9.17, 15) is 4.79 Å². The van der Waals surface area contributed by atoms with Crippen LogP contribution in [0.5, 0.6) is 0 Å². The van der Waals surface area contributed by atoms with Gasteiger partial charge in [-0.25, -0.2) is 5.43 Å². The zero-order valence-corrected chi connectivity index (χ0v) is 13.7. The monoisotopic (exact) mass is 317 g/mol. The van der Waals surface area contributed by atoms with Crippen molar-refractivity contribution in [2.75, 3.05) is 0 Å². The van der Waals surface area contributed by atoms with Crippen molar-refractivity contribution in [3.63, 3.8) is 0 Å². The Balaban J connectivity index is 1.92. The van der Waals surface area contributed by atoms with Gasteiger partial charge in [0.05, 0.1) is 0 Å². The molecule has 2 aromatic rings. The van der Waals surface area contributed by atoms with Gasteiger partial charge < -0.3 is 4.57 Å². The van der Waals surface area contributed by atoms with Crippen LogP contribution in [0.15, 0.2) is 40.9 Å². The van der Waals surface area contributed by atoms with Crippen molar-refractivity contribution in [3.8, 4) is 0 Å². The second-order valence-electron chi connectivity index (χ2n) is 4.85. The van der Waals surface area contributed by atoms with Crippen molar-refractivity contribution in [1.29, 1.82) is 0 Å². The molecule has 0 bridgehead atoms. The lowest BCUT2D eigenvalue weighted by Crippen LogP contribution is -2.18. The zero-order valence-electron chi connectivity index (χ0n) is 12.9. The summed E-state index contributed by atoms with van der Waals surface area (Å²) in [5.41, 5.74) is 5.17. The van der Waals surface area contributed by atoms with Gasteiger partial charge in [0.25, 0.3) is 5.91 Å². The molecule has 1 aromatic carbocycles. The number of hydrogen-bond acceptors (Lipinski definition) is 5. The van der Waals surface area contributed by atoms with Gasteiger partial charge >= 0.3 is 0 Å². The van der Waals surface area contributed by atoms with E-state index in [1.165, 1.54) is 0 Å². The molecule has 7 heteroatoms. The topological polar surface area (TPSA) is 72.2 Å². The number of amides is 1. The van der Waals surface area contributed by atoms with Gasteiger partial charge in [0, 0.05) is 24.1 Å². The molecule has 0 spiro atoms. The molecule has 0 aliphatic rings. The SMILES string of the molecule is CC/C(C)=N\NC(=O)c1ccc(CSc2nncn2C)cc1. The lowest BCUT2D eigenvalue weighted by molar-refractivity contribution is 0.0954. The molecule has 1 aromatic heterocycles. The summed E-state index contributed by atoms with van der Waals surface area (Å²) < 4.78 is 1.88. The maximum atomic E-state index is 11.9. The van der Waals surface area contributed by atoms with Crippen LogP contribution >= 0.6 is 11.8 Å². The number of aryl methyl sites for hydroxylation is 1. The van der Waals surface area contributed by atoms with E-state index in [0.29, 0.717) is 5.56 Å². The highest BCUT2D eigenvalue weighted by Crippen LogP contribution is 2.20. The van der Waals surface area contributed by atoms with Crippen LogP contribution < -0.4 is 5.43 Å². The Morgan fingerprint density at radius 3 is 2.68 bits per heavy atom. The molecule has 0 saturated heterocycles. The molecular formula is C15H19N5OS. The molecule has 0 radical (unpaired) electrons. The van der Waals surface area contributed by atoms with Gasteiger partial charge in [0.15, 0.2) is 5.16 Å². The highest BCUT2D eigenvalue weighted by Gasteiger charge is 2.06. The van der Waals surface area contributed by atoms with Crippen molar-refractivity contribution >= 4 is 23.4 Å². The Kier molecular flexibility index (Phi) is 5.71. The number of carbonyl (C=O) groups excluding carboxylic acids is 1. The van der Waals surface area contributed by atoms with Crippen molar-refractivity contribution in [2.24, 2.45) is 12.1 Å². The lowest BCUT2D eigenvalue weighted by atomic mass is 10.1. The van der Waals surface area contributed by atoms with Gasteiger partial charge in [-0.2, -0.15) is 5.10 Å². The number of rotatable bonds is 6. The van der Waals surface area contributed by atoms with Crippen LogP contribution in [0.4, 0.5) is 0 Å². The fourth-order valence-corrected chi connectivity index (χ4v) is 2.44. The minimum absolute atomic E-state index is 0.194. The number of nitrogens with one attached hydrogen (secondary N) is 1. The van der Waals surface area contributed by atoms with E-state index in [1.807, 2.05) is 37.6 Å². The van der Waals surface area contributed by atoms with Crippen LogP contribution in [-0.4, -0.2) is 26.4 Å². The summed E-state index contributed by atoms with van der Waals surface area (Å²) in [4.78, 5) is 11.9. The van der Waals surface area contributed by atoms with E-state index in [0.717, 1.165) is 28.6 Å². The molecule has 1 amide bonds. The normalized spacial score (nSPS) is 11.5. The van der Waals surface area contributed by atoms with Crippen molar-refractivity contribution in [1.82, 2.24) is 20.2 Å². The molecule has 116 valence electrons. The van der Waals surface area contributed by atoms with Crippen LogP contribution in [-0.2, 0) is 12.8 Å². The van der Waals surface area contributed by atoms with Gasteiger partial charge in [-0.3, -0.25) is 4.79 Å². The van der Waals surface area contributed by atoms with Gasteiger partial charge in [-0.05, 0) is 31.0 Å². The smallest absolute Gasteiger partial charge is 0.271 e. The molecule has 22 heavy (non-hydrogen) atoms. The van der Waals surface area contributed by atoms with Gasteiger partial charge in [-0.15, -0.1) is 10.2 Å². The van der Waals surface area contributed by atoms with E-state index in [-0.39, 0.29) is 5.91 Å². The molecule has 0 fully saturated rings. The first-order valence-electron chi connectivity index (χ1n) is 6.99. The molecule has 1 N–H and O–H groups in total. The Bertz CT molecular complexity index is 663. The number of hydrogen-bond donors (Lipinski definition) is 1. The standard InChI is InChI=1S/C15H19N5OS/c1-4-11(2)17-18-14(21)13-7-5-12(6-8-13)9-22-15-19-16-10-20(15)3/h5-8,10H,4,9H2,1-3H3,(H,18,21)/b17-11-. The molecule has 0 unspecified atom stereocenters. The Morgan fingerprint density at radius 2 is 2.09 bits per heavy atom. The van der Waals surface area contributed by atoms with Gasteiger partial charge in [-0.1, -0.05) is 30.8 Å². The molecule has 1 heterocycles. The molecule has 0 aliphatic carbocycles. The van der Waals surface area contributed by atoms with E-state index in [2.05, 4.69) is 20.7 Å². The quantitative estimate of drug-likeness (QED) is 0.505. The third-order valence-electron chi connectivity index (χ3n) is 3.11. The number of benzene rings is 1. The van der Waals surface area contributed by atoms with Gasteiger partial charge in [0.1, 0.15) is 6.33 Å². The summed E-state index contributed by atoms with van der Waals surface area (Å²) in [6.07, 6.45) is 2.49. The first-order chi connectivity index (χ1) is 10.6. The average Bonchev–Trinajstić information content (AvgIpc) is 2.96. The minimum Gasteiger partial charge on any atom is -0.312 e. The van der Waals surface area contributed by atoms with Crippen LogP contribution in [0.2, 0.25) is 0 Å². The fourth-order valence-electron chi connectivity index (χ4n) is 1.59. The summed E-state index contributed by atoms with van der Waals surface area (Å²) in [5.74, 6) is 0.585. The Labute approximate surface area is 134 Å². The predicted octanol–water partition coefficient (Wildman–Crippen LogP) is 2.62. The highest BCUT2D eigenvalue weighted by molar-refractivity contribution is 7.98. The summed E-state index contributed by atoms with van der Waals surface area (Å²) >= 11 is 1.61. The summed E-state index contributed by atoms with van der Waals surface area (Å²) in [7, 11) is 1.91. The van der Waals surface area contributed by atoms with E-state index >= 15 is 0 Å². The van der Waals surface area contributed by atoms with Gasteiger partial charge in [0.2, 0.25) is 0 Å². The third-order valence-corrected chi connectivity index (χ3v) is 4.22. The second-order valence-corrected chi connectivity index (χ2v) is 5.79. The highest BCUT2D eigenvalue weighted by atomic mass is 32.2. The van der Waals surface area contributed by atoms with Crippen LogP contribution in [0.3, 0.4) is 0 Å². The molecule has 0 aliphatic heterocycles. The molecular weight excluding hydrogens is 298 g/mol. The minimum atomic E-state index is -0.194. The van der Waals surface area contributed by atoms with Crippen molar-refractivity contribution in [3.05, 3.63) is 41.7 Å². The van der Waals surface area contributed by atoms with Crippen LogP contribution in [0.1, 0.15) is 36.2 Å². The molecule has 6 nitrogen and oxygen atoms in total. The largest absolute Gasteiger partial charge is 0.312 e. The number of nitrogens with zero attached hydrogens (tertiary/aromatic N) is 4. The third kappa shape index (κ3) is 4.42. The first kappa shape index (κ1) is 16.2. The molecule has 2 rings (SSSR count). The van der Waals surface area contributed by atoms with Crippen molar-refractivity contribution in [2.45, 2.75) is 31.2 Å². The number of aromatic nitrogens is 3. The maximum absolute atomic E-state index is 11.9. The van der Waals surface area contributed by atoms with E-state index in [1.54, 1.807) is 30.2 Å². The van der Waals surface area contributed by atoms with Crippen molar-refractivity contribution < 1.29 is 4.79 Å². The molecule has 0 atom stereocenters. The van der Waals surface area contributed by atoms with Crippen LogP contribution in [0, 0.1) is 0 Å². The van der Waals surface area contributed by atoms with E-state index in [4.69, 9.17) is 0 Å². The van der Waals surface area contributed by atoms with E-state index < -0.39 is 0 Å². The first-order valence-corrected chi connectivity index (χ1v) is 7.98. The second kappa shape index (κ2) is 7.74. The molecule has 0 saturated carbocycles. The number of hydrazone groups is 1. The number of thioether (sulfide) groups is 1. The fraction of sp³-hybridized carbons (Fsp3) is 0.333. The Hall–Kier alpha value is -2.15.